The zero-order chi connectivity index (χ0) is 24.6. The van der Waals surface area contributed by atoms with Crippen LogP contribution in [0.3, 0.4) is 0 Å². The highest BCUT2D eigenvalue weighted by Gasteiger charge is 2.18. The Morgan fingerprint density at radius 3 is 2.41 bits per heavy atom. The van der Waals surface area contributed by atoms with Crippen LogP contribution in [-0.4, -0.2) is 25.5 Å². The van der Waals surface area contributed by atoms with Crippen molar-refractivity contribution in [2.75, 3.05) is 5.32 Å². The van der Waals surface area contributed by atoms with Gasteiger partial charge in [0.1, 0.15) is 19.0 Å². The zero-order valence-corrected chi connectivity index (χ0v) is 22.6. The molecule has 3 heterocycles. The molecule has 4 rings (SSSR count). The third kappa shape index (κ3) is 4.95. The topological polar surface area (TPSA) is 74.0 Å². The molecule has 1 amide bonds. The molecule has 178 valence electrons. The van der Waals surface area contributed by atoms with E-state index in [4.69, 9.17) is 4.74 Å². The van der Waals surface area contributed by atoms with Crippen LogP contribution in [0, 0.1) is 41.5 Å². The second-order valence-electron chi connectivity index (χ2n) is 8.50. The van der Waals surface area contributed by atoms with Crippen LogP contribution < -0.4 is 10.1 Å². The van der Waals surface area contributed by atoms with E-state index in [-0.39, 0.29) is 5.91 Å². The summed E-state index contributed by atoms with van der Waals surface area (Å²) in [4.78, 5) is 13.6. The van der Waals surface area contributed by atoms with Gasteiger partial charge in [-0.1, -0.05) is 17.7 Å². The lowest BCUT2D eigenvalue weighted by Gasteiger charge is -2.09. The Morgan fingerprint density at radius 1 is 1.03 bits per heavy atom. The molecule has 9 heteroatoms. The minimum absolute atomic E-state index is 0.151. The summed E-state index contributed by atoms with van der Waals surface area (Å²) in [6.45, 7) is 12.8. The van der Waals surface area contributed by atoms with E-state index in [1.807, 2.05) is 67.6 Å². The number of amides is 1. The van der Waals surface area contributed by atoms with E-state index >= 15 is 0 Å². The molecule has 0 radical (unpaired) electrons. The number of halogens is 1. The van der Waals surface area contributed by atoms with Crippen molar-refractivity contribution in [1.29, 1.82) is 0 Å². The van der Waals surface area contributed by atoms with Gasteiger partial charge >= 0.3 is 0 Å². The number of anilines is 1. The van der Waals surface area contributed by atoms with E-state index in [1.54, 1.807) is 0 Å². The lowest BCUT2D eigenvalue weighted by molar-refractivity contribution is 0.103. The van der Waals surface area contributed by atoms with E-state index in [1.165, 1.54) is 16.9 Å². The van der Waals surface area contributed by atoms with Gasteiger partial charge in [-0.15, -0.1) is 11.3 Å². The third-order valence-corrected chi connectivity index (χ3v) is 7.91. The van der Waals surface area contributed by atoms with Gasteiger partial charge in [-0.25, -0.2) is 9.36 Å². The average molecular weight is 543 g/mol. The molecule has 0 aliphatic rings. The molecule has 3 aromatic heterocycles. The maximum absolute atomic E-state index is 13.0. The molecule has 0 atom stereocenters. The minimum atomic E-state index is -0.151. The van der Waals surface area contributed by atoms with Gasteiger partial charge in [0.15, 0.2) is 0 Å². The summed E-state index contributed by atoms with van der Waals surface area (Å²) >= 11 is 4.97. The van der Waals surface area contributed by atoms with Crippen molar-refractivity contribution in [3.63, 3.8) is 0 Å². The van der Waals surface area contributed by atoms with Gasteiger partial charge in [-0.05, 0) is 80.5 Å². The summed E-state index contributed by atoms with van der Waals surface area (Å²) in [6, 6.07) is 8.00. The van der Waals surface area contributed by atoms with Crippen molar-refractivity contribution >= 4 is 38.9 Å². The maximum Gasteiger partial charge on any atom is 0.265 e. The van der Waals surface area contributed by atoms with Crippen molar-refractivity contribution < 1.29 is 9.53 Å². The summed E-state index contributed by atoms with van der Waals surface area (Å²) in [5.74, 6) is 0.707. The van der Waals surface area contributed by atoms with Crippen LogP contribution in [0.1, 0.15) is 49.1 Å². The van der Waals surface area contributed by atoms with Gasteiger partial charge < -0.3 is 10.1 Å². The number of hydrogen-bond acceptors (Lipinski definition) is 5. The number of aromatic nitrogens is 4. The Kier molecular flexibility index (Phi) is 6.95. The average Bonchev–Trinajstić information content (AvgIpc) is 3.43. The van der Waals surface area contributed by atoms with E-state index in [2.05, 4.69) is 44.4 Å². The Labute approximate surface area is 211 Å². The van der Waals surface area contributed by atoms with Crippen LogP contribution in [0.2, 0.25) is 0 Å². The number of thiophene rings is 1. The zero-order valence-electron chi connectivity index (χ0n) is 20.2. The summed E-state index contributed by atoms with van der Waals surface area (Å²) in [7, 11) is 0. The van der Waals surface area contributed by atoms with Gasteiger partial charge in [-0.3, -0.25) is 4.79 Å². The van der Waals surface area contributed by atoms with Gasteiger partial charge in [0.05, 0.1) is 37.8 Å². The van der Waals surface area contributed by atoms with Crippen molar-refractivity contribution in [2.24, 2.45) is 0 Å². The second-order valence-corrected chi connectivity index (χ2v) is 10.2. The van der Waals surface area contributed by atoms with Gasteiger partial charge in [-0.2, -0.15) is 10.2 Å². The van der Waals surface area contributed by atoms with Crippen LogP contribution in [0.25, 0.3) is 0 Å². The largest absolute Gasteiger partial charge is 0.489 e. The van der Waals surface area contributed by atoms with Crippen LogP contribution in [0.5, 0.6) is 5.75 Å². The van der Waals surface area contributed by atoms with E-state index in [0.29, 0.717) is 18.2 Å². The monoisotopic (exact) mass is 541 g/mol. The molecule has 34 heavy (non-hydrogen) atoms. The smallest absolute Gasteiger partial charge is 0.265 e. The first-order valence-corrected chi connectivity index (χ1v) is 12.6. The minimum Gasteiger partial charge on any atom is -0.489 e. The SMILES string of the molecule is Cc1ccc(OCc2csc(C(=O)Nc3c(C)nn(Cn4nc(C)c(Br)c4C)c3C)c2)c(C)c1. The molecule has 0 saturated carbocycles. The predicted octanol–water partition coefficient (Wildman–Crippen LogP) is 6.09. The molecule has 1 aromatic carbocycles. The summed E-state index contributed by atoms with van der Waals surface area (Å²) in [5, 5.41) is 14.2. The molecule has 0 saturated heterocycles. The number of aryl methyl sites for hydroxylation is 4. The molecule has 0 bridgehead atoms. The lowest BCUT2D eigenvalue weighted by atomic mass is 10.1. The number of nitrogens with zero attached hydrogens (tertiary/aromatic N) is 4. The first-order chi connectivity index (χ1) is 16.1. The van der Waals surface area contributed by atoms with Crippen LogP contribution >= 0.6 is 27.3 Å². The normalized spacial score (nSPS) is 11.1. The quantitative estimate of drug-likeness (QED) is 0.307. The van der Waals surface area contributed by atoms with Crippen LogP contribution in [0.4, 0.5) is 5.69 Å². The Bertz CT molecular complexity index is 1370. The van der Waals surface area contributed by atoms with E-state index < -0.39 is 0 Å². The second kappa shape index (κ2) is 9.76. The molecule has 0 aliphatic heterocycles. The van der Waals surface area contributed by atoms with Gasteiger partial charge in [0.25, 0.3) is 5.91 Å². The maximum atomic E-state index is 13.0. The molecule has 7 nitrogen and oxygen atoms in total. The third-order valence-electron chi connectivity index (χ3n) is 5.78. The highest BCUT2D eigenvalue weighted by atomic mass is 79.9. The number of carbonyl (C=O) groups excluding carboxylic acids is 1. The molecule has 0 fully saturated rings. The standard InChI is InChI=1S/C25H28BrN5O2S/c1-14-7-8-21(15(2)9-14)33-11-20-10-22(34-12-20)25(32)27-24-17(4)29-31(19(24)6)13-30-18(5)23(26)16(3)28-30/h7-10,12H,11,13H2,1-6H3,(H,27,32). The van der Waals surface area contributed by atoms with Gasteiger partial charge in [0.2, 0.25) is 0 Å². The van der Waals surface area contributed by atoms with E-state index in [0.717, 1.165) is 49.8 Å². The number of rotatable bonds is 7. The van der Waals surface area contributed by atoms with Crippen LogP contribution in [-0.2, 0) is 13.3 Å². The Balaban J connectivity index is 1.44. The molecule has 0 unspecified atom stereocenters. The molecule has 0 spiro atoms. The van der Waals surface area contributed by atoms with Crippen molar-refractivity contribution in [2.45, 2.75) is 54.8 Å². The number of carbonyl (C=O) groups is 1. The first kappa shape index (κ1) is 24.2. The van der Waals surface area contributed by atoms with Crippen molar-refractivity contribution in [1.82, 2.24) is 19.6 Å². The molecular weight excluding hydrogens is 514 g/mol. The van der Waals surface area contributed by atoms with Crippen LogP contribution in [0.15, 0.2) is 34.1 Å². The fourth-order valence-corrected chi connectivity index (χ4v) is 4.90. The Hall–Kier alpha value is -2.91. The number of nitrogens with one attached hydrogen (secondary N) is 1. The van der Waals surface area contributed by atoms with Crippen molar-refractivity contribution in [3.05, 3.63) is 78.5 Å². The summed E-state index contributed by atoms with van der Waals surface area (Å²) in [5.41, 5.74) is 7.61. The molecule has 0 aliphatic carbocycles. The number of benzene rings is 1. The van der Waals surface area contributed by atoms with Gasteiger partial charge in [0, 0.05) is 5.56 Å². The van der Waals surface area contributed by atoms with Crippen molar-refractivity contribution in [3.8, 4) is 5.75 Å². The number of hydrogen-bond donors (Lipinski definition) is 1. The molecular formula is C25H28BrN5O2S. The molecule has 1 N–H and O–H groups in total. The summed E-state index contributed by atoms with van der Waals surface area (Å²) < 4.78 is 10.7. The fourth-order valence-electron chi connectivity index (χ4n) is 3.82. The summed E-state index contributed by atoms with van der Waals surface area (Å²) in [6.07, 6.45) is 0. The Morgan fingerprint density at radius 2 is 1.74 bits per heavy atom. The fraction of sp³-hybridized carbons (Fsp3) is 0.320. The molecule has 4 aromatic rings. The highest BCUT2D eigenvalue weighted by molar-refractivity contribution is 9.10. The lowest BCUT2D eigenvalue weighted by Crippen LogP contribution is -2.15. The predicted molar refractivity (Wildman–Crippen MR) is 139 cm³/mol. The number of ether oxygens (including phenoxy) is 1. The first-order valence-electron chi connectivity index (χ1n) is 11.0. The highest BCUT2D eigenvalue weighted by Crippen LogP contribution is 2.25. The van der Waals surface area contributed by atoms with E-state index in [9.17, 15) is 4.79 Å².